The number of guanidine groups is 1. The van der Waals surface area contributed by atoms with Gasteiger partial charge in [-0.3, -0.25) is 4.99 Å². The molecule has 28 heavy (non-hydrogen) atoms. The van der Waals surface area contributed by atoms with Crippen molar-refractivity contribution in [2.24, 2.45) is 22.7 Å². The highest BCUT2D eigenvalue weighted by atomic mass is 127. The Morgan fingerprint density at radius 2 is 1.89 bits per heavy atom. The van der Waals surface area contributed by atoms with E-state index in [1.807, 2.05) is 0 Å². The summed E-state index contributed by atoms with van der Waals surface area (Å²) in [5.41, 5.74) is 0.445. The van der Waals surface area contributed by atoms with Crippen molar-refractivity contribution in [2.45, 2.75) is 31.4 Å². The fourth-order valence-corrected chi connectivity index (χ4v) is 5.50. The van der Waals surface area contributed by atoms with Crippen molar-refractivity contribution < 1.29 is 12.9 Å². The minimum absolute atomic E-state index is 0. The molecule has 1 aliphatic heterocycles. The molecule has 1 aromatic heterocycles. The van der Waals surface area contributed by atoms with Crippen LogP contribution in [-0.2, 0) is 15.8 Å². The second kappa shape index (κ2) is 9.29. The van der Waals surface area contributed by atoms with Gasteiger partial charge in [0.25, 0.3) is 0 Å². The van der Waals surface area contributed by atoms with Crippen LogP contribution in [0.3, 0.4) is 0 Å². The molecule has 2 saturated carbocycles. The number of aromatic nitrogens is 1. The molecule has 0 spiro atoms. The molecule has 2 heterocycles. The van der Waals surface area contributed by atoms with Crippen LogP contribution in [0.5, 0.6) is 0 Å². The molecule has 0 bridgehead atoms. The van der Waals surface area contributed by atoms with Gasteiger partial charge in [-0.2, -0.15) is 4.31 Å². The van der Waals surface area contributed by atoms with Gasteiger partial charge in [-0.25, -0.2) is 8.42 Å². The first-order valence-electron chi connectivity index (χ1n) is 9.89. The third-order valence-corrected chi connectivity index (χ3v) is 7.73. The highest BCUT2D eigenvalue weighted by Crippen LogP contribution is 2.48. The number of hydrogen-bond acceptors (Lipinski definition) is 5. The summed E-state index contributed by atoms with van der Waals surface area (Å²) in [6.45, 7) is 3.22. The van der Waals surface area contributed by atoms with Crippen LogP contribution < -0.4 is 5.32 Å². The Morgan fingerprint density at radius 3 is 2.39 bits per heavy atom. The van der Waals surface area contributed by atoms with Crippen LogP contribution >= 0.6 is 24.0 Å². The minimum atomic E-state index is -3.37. The van der Waals surface area contributed by atoms with Gasteiger partial charge in [0.15, 0.2) is 5.96 Å². The molecule has 1 saturated heterocycles. The molecule has 8 nitrogen and oxygen atoms in total. The summed E-state index contributed by atoms with van der Waals surface area (Å²) in [6, 6.07) is 1.59. The van der Waals surface area contributed by atoms with E-state index in [0.717, 1.165) is 30.3 Å². The highest BCUT2D eigenvalue weighted by molar-refractivity contribution is 14.0. The van der Waals surface area contributed by atoms with Crippen LogP contribution in [0, 0.1) is 17.8 Å². The van der Waals surface area contributed by atoms with E-state index < -0.39 is 10.0 Å². The summed E-state index contributed by atoms with van der Waals surface area (Å²) < 4.78 is 31.4. The number of hydrogen-bond donors (Lipinski definition) is 1. The lowest BCUT2D eigenvalue weighted by Gasteiger charge is -2.36. The molecule has 0 atom stereocenters. The van der Waals surface area contributed by atoms with Crippen LogP contribution in [0.1, 0.15) is 31.4 Å². The predicted molar refractivity (Wildman–Crippen MR) is 118 cm³/mol. The van der Waals surface area contributed by atoms with Gasteiger partial charge >= 0.3 is 0 Å². The van der Waals surface area contributed by atoms with Crippen molar-refractivity contribution in [3.05, 3.63) is 18.0 Å². The van der Waals surface area contributed by atoms with Crippen molar-refractivity contribution in [1.82, 2.24) is 19.7 Å². The Labute approximate surface area is 184 Å². The van der Waals surface area contributed by atoms with Gasteiger partial charge in [0.05, 0.1) is 5.69 Å². The average molecular weight is 523 g/mol. The van der Waals surface area contributed by atoms with E-state index >= 15 is 0 Å². The second-order valence-electron chi connectivity index (χ2n) is 7.90. The Morgan fingerprint density at radius 1 is 1.25 bits per heavy atom. The first-order chi connectivity index (χ1) is 13.1. The molecule has 1 aromatic rings. The number of rotatable bonds is 7. The van der Waals surface area contributed by atoms with Gasteiger partial charge in [-0.05, 0) is 43.4 Å². The van der Waals surface area contributed by atoms with Crippen molar-refractivity contribution >= 4 is 40.0 Å². The van der Waals surface area contributed by atoms with Crippen LogP contribution in [-0.4, -0.2) is 68.5 Å². The van der Waals surface area contributed by atoms with Crippen LogP contribution in [0.4, 0.5) is 0 Å². The summed E-state index contributed by atoms with van der Waals surface area (Å²) in [6.07, 6.45) is 6.91. The molecule has 4 rings (SSSR count). The number of piperazine rings is 1. The molecule has 0 amide bonds. The van der Waals surface area contributed by atoms with Gasteiger partial charge in [0.2, 0.25) is 10.0 Å². The summed E-state index contributed by atoms with van der Waals surface area (Å²) >= 11 is 0. The topological polar surface area (TPSA) is 91.0 Å². The summed E-state index contributed by atoms with van der Waals surface area (Å²) in [5.74, 6) is 3.38. The van der Waals surface area contributed by atoms with Crippen molar-refractivity contribution in [3.8, 4) is 0 Å². The maximum atomic E-state index is 12.6. The third kappa shape index (κ3) is 5.38. The van der Waals surface area contributed by atoms with E-state index in [0.29, 0.717) is 31.9 Å². The van der Waals surface area contributed by atoms with Gasteiger partial charge < -0.3 is 14.7 Å². The molecule has 0 unspecified atom stereocenters. The quantitative estimate of drug-likeness (QED) is 0.333. The number of nitrogens with one attached hydrogen (secondary N) is 1. The van der Waals surface area contributed by atoms with E-state index in [4.69, 9.17) is 4.52 Å². The van der Waals surface area contributed by atoms with Gasteiger partial charge in [0, 0.05) is 45.8 Å². The van der Waals surface area contributed by atoms with E-state index in [2.05, 4.69) is 20.4 Å². The standard InChI is InChI=1S/C18H29N5O3S.HI/c1-19-18(20-12-17(14-2-3-14)15-4-5-15)22-7-9-23(10-8-22)27(24,25)13-16-6-11-26-21-16;/h6,11,14-15,17H,2-5,7-10,12-13H2,1H3,(H,19,20);1H. The van der Waals surface area contributed by atoms with Crippen LogP contribution in [0.2, 0.25) is 0 Å². The Kier molecular flexibility index (Phi) is 7.24. The zero-order valence-corrected chi connectivity index (χ0v) is 19.4. The Balaban J connectivity index is 0.00000225. The lowest BCUT2D eigenvalue weighted by Crippen LogP contribution is -2.54. The minimum Gasteiger partial charge on any atom is -0.364 e. The molecular formula is C18H30IN5O3S. The van der Waals surface area contributed by atoms with E-state index in [1.165, 1.54) is 31.9 Å². The van der Waals surface area contributed by atoms with E-state index in [1.54, 1.807) is 17.4 Å². The summed E-state index contributed by atoms with van der Waals surface area (Å²) in [4.78, 5) is 6.60. The lowest BCUT2D eigenvalue weighted by molar-refractivity contribution is 0.257. The molecule has 2 aliphatic carbocycles. The van der Waals surface area contributed by atoms with Crippen LogP contribution in [0.15, 0.2) is 21.8 Å². The van der Waals surface area contributed by atoms with E-state index in [-0.39, 0.29) is 29.7 Å². The first kappa shape index (κ1) is 21.8. The molecule has 3 fully saturated rings. The average Bonchev–Trinajstić information content (AvgIpc) is 3.59. The van der Waals surface area contributed by atoms with Crippen molar-refractivity contribution in [1.29, 1.82) is 0 Å². The Bertz CT molecular complexity index is 742. The normalized spacial score (nSPS) is 21.6. The van der Waals surface area contributed by atoms with Gasteiger partial charge in [-0.1, -0.05) is 5.16 Å². The highest BCUT2D eigenvalue weighted by Gasteiger charge is 2.41. The lowest BCUT2D eigenvalue weighted by atomic mass is 9.98. The fraction of sp³-hybridized carbons (Fsp3) is 0.778. The predicted octanol–water partition coefficient (Wildman–Crippen LogP) is 1.75. The molecule has 0 radical (unpaired) electrons. The van der Waals surface area contributed by atoms with Crippen LogP contribution in [0.25, 0.3) is 0 Å². The molecule has 0 aromatic carbocycles. The third-order valence-electron chi connectivity index (χ3n) is 5.92. The molecule has 158 valence electrons. The maximum absolute atomic E-state index is 12.6. The number of nitrogens with zero attached hydrogens (tertiary/aromatic N) is 4. The fourth-order valence-electron chi connectivity index (χ4n) is 4.08. The van der Waals surface area contributed by atoms with Gasteiger partial charge in [0.1, 0.15) is 12.0 Å². The second-order valence-corrected chi connectivity index (χ2v) is 9.87. The number of aliphatic imine (C=N–C) groups is 1. The summed E-state index contributed by atoms with van der Waals surface area (Å²) in [5, 5.41) is 7.27. The van der Waals surface area contributed by atoms with Crippen molar-refractivity contribution in [2.75, 3.05) is 39.8 Å². The molecule has 10 heteroatoms. The smallest absolute Gasteiger partial charge is 0.220 e. The van der Waals surface area contributed by atoms with E-state index in [9.17, 15) is 8.42 Å². The zero-order valence-electron chi connectivity index (χ0n) is 16.3. The Hall–Kier alpha value is -0.880. The zero-order chi connectivity index (χ0) is 18.9. The van der Waals surface area contributed by atoms with Gasteiger partial charge in [-0.15, -0.1) is 24.0 Å². The largest absolute Gasteiger partial charge is 0.364 e. The summed E-state index contributed by atoms with van der Waals surface area (Å²) in [7, 11) is -1.57. The molecule has 3 aliphatic rings. The number of halogens is 1. The first-order valence-corrected chi connectivity index (χ1v) is 11.5. The maximum Gasteiger partial charge on any atom is 0.220 e. The molecular weight excluding hydrogens is 493 g/mol. The number of sulfonamides is 1. The monoisotopic (exact) mass is 523 g/mol. The van der Waals surface area contributed by atoms with Crippen molar-refractivity contribution in [3.63, 3.8) is 0 Å². The SMILES string of the molecule is CN=C(NCC(C1CC1)C1CC1)N1CCN(S(=O)(=O)Cc2ccon2)CC1.I. The molecule has 1 N–H and O–H groups in total.